The molecule has 0 spiro atoms. The Hall–Kier alpha value is -4.04. The van der Waals surface area contributed by atoms with Gasteiger partial charge in [-0.3, -0.25) is 14.4 Å². The van der Waals surface area contributed by atoms with Crippen molar-refractivity contribution in [2.45, 2.75) is 69.1 Å². The van der Waals surface area contributed by atoms with Gasteiger partial charge in [-0.05, 0) is 60.5 Å². The van der Waals surface area contributed by atoms with Crippen LogP contribution in [0.3, 0.4) is 0 Å². The fourth-order valence-corrected chi connectivity index (χ4v) is 5.97. The Labute approximate surface area is 240 Å². The van der Waals surface area contributed by atoms with Gasteiger partial charge < -0.3 is 25.6 Å². The molecule has 3 N–H and O–H groups in total. The van der Waals surface area contributed by atoms with E-state index in [1.54, 1.807) is 4.90 Å². The fraction of sp³-hybridized carbons (Fsp3) is 0.394. The Kier molecular flexibility index (Phi) is 9.41. The Morgan fingerprint density at radius 2 is 1.66 bits per heavy atom. The third-order valence-corrected chi connectivity index (χ3v) is 8.11. The second-order valence-electron chi connectivity index (χ2n) is 11.1. The van der Waals surface area contributed by atoms with Gasteiger partial charge in [-0.15, -0.1) is 0 Å². The van der Waals surface area contributed by atoms with Gasteiger partial charge in [0.2, 0.25) is 17.7 Å². The van der Waals surface area contributed by atoms with E-state index in [1.165, 1.54) is 0 Å². The molecular formula is C33H38N4O4. The number of aldehydes is 1. The van der Waals surface area contributed by atoms with Crippen LogP contribution in [0.4, 0.5) is 0 Å². The molecule has 0 aliphatic carbocycles. The van der Waals surface area contributed by atoms with Crippen molar-refractivity contribution in [3.05, 3.63) is 83.9 Å². The summed E-state index contributed by atoms with van der Waals surface area (Å²) in [7, 11) is 0. The number of nitrogens with zero attached hydrogens (tertiary/aromatic N) is 1. The van der Waals surface area contributed by atoms with Crippen LogP contribution in [0.2, 0.25) is 0 Å². The van der Waals surface area contributed by atoms with Gasteiger partial charge in [0, 0.05) is 25.4 Å². The van der Waals surface area contributed by atoms with Gasteiger partial charge in [-0.2, -0.15) is 0 Å². The second kappa shape index (κ2) is 13.5. The first-order chi connectivity index (χ1) is 20.0. The number of benzene rings is 3. The van der Waals surface area contributed by atoms with E-state index < -0.39 is 18.1 Å². The van der Waals surface area contributed by atoms with Crippen molar-refractivity contribution in [3.8, 4) is 0 Å². The summed E-state index contributed by atoms with van der Waals surface area (Å²) < 4.78 is 0. The standard InChI is InChI=1S/C33H38N4O4/c38-22-28-12-7-17-37(28)33(41)30(20-24-14-15-25-10-4-5-11-26(25)18-24)36-31(39)21-27(19-23-8-2-1-3-9-23)35-32(40)29-13-6-16-34-29/h1-5,8-11,14-15,18,22,27-30,34H,6-7,12-13,16-17,19-21H2,(H,35,40)(H,36,39)/t27-,28-,29-,30-/m0/s1. The van der Waals surface area contributed by atoms with Crippen molar-refractivity contribution in [2.24, 2.45) is 0 Å². The third kappa shape index (κ3) is 7.38. The topological polar surface area (TPSA) is 108 Å². The fourth-order valence-electron chi connectivity index (χ4n) is 5.97. The molecule has 3 amide bonds. The van der Waals surface area contributed by atoms with Gasteiger partial charge in [0.25, 0.3) is 0 Å². The summed E-state index contributed by atoms with van der Waals surface area (Å²) in [5.41, 5.74) is 1.94. The number of carbonyl (C=O) groups is 4. The molecule has 0 unspecified atom stereocenters. The van der Waals surface area contributed by atoms with Gasteiger partial charge in [0.1, 0.15) is 12.3 Å². The maximum Gasteiger partial charge on any atom is 0.246 e. The van der Waals surface area contributed by atoms with Gasteiger partial charge >= 0.3 is 0 Å². The highest BCUT2D eigenvalue weighted by Crippen LogP contribution is 2.21. The van der Waals surface area contributed by atoms with Crippen molar-refractivity contribution < 1.29 is 19.2 Å². The van der Waals surface area contributed by atoms with E-state index in [0.717, 1.165) is 54.0 Å². The smallest absolute Gasteiger partial charge is 0.246 e. The maximum absolute atomic E-state index is 13.7. The molecule has 3 aromatic carbocycles. The van der Waals surface area contributed by atoms with Crippen LogP contribution in [0, 0.1) is 0 Å². The molecule has 8 nitrogen and oxygen atoms in total. The zero-order valence-electron chi connectivity index (χ0n) is 23.3. The molecule has 4 atom stereocenters. The van der Waals surface area contributed by atoms with Crippen molar-refractivity contribution >= 4 is 34.8 Å². The predicted molar refractivity (Wildman–Crippen MR) is 158 cm³/mol. The molecule has 0 saturated carbocycles. The number of carbonyl (C=O) groups excluding carboxylic acids is 4. The normalized spacial score (nSPS) is 20.0. The lowest BCUT2D eigenvalue weighted by molar-refractivity contribution is -0.138. The molecule has 2 saturated heterocycles. The van der Waals surface area contributed by atoms with E-state index in [-0.39, 0.29) is 30.2 Å². The number of likely N-dealkylation sites (tertiary alicyclic amines) is 1. The molecule has 41 heavy (non-hydrogen) atoms. The molecule has 2 aliphatic heterocycles. The van der Waals surface area contributed by atoms with Crippen LogP contribution in [0.15, 0.2) is 72.8 Å². The zero-order valence-corrected chi connectivity index (χ0v) is 23.3. The quantitative estimate of drug-likeness (QED) is 0.316. The van der Waals surface area contributed by atoms with Gasteiger partial charge in [-0.1, -0.05) is 72.8 Å². The van der Waals surface area contributed by atoms with Gasteiger partial charge in [0.15, 0.2) is 0 Å². The molecular weight excluding hydrogens is 516 g/mol. The van der Waals surface area contributed by atoms with Crippen molar-refractivity contribution in [2.75, 3.05) is 13.1 Å². The number of nitrogens with one attached hydrogen (secondary N) is 3. The lowest BCUT2D eigenvalue weighted by Crippen LogP contribution is -2.53. The SMILES string of the molecule is O=C[C@@H]1CCCN1C(=O)[C@H](Cc1ccc2ccccc2c1)NC(=O)C[C@H](Cc1ccccc1)NC(=O)[C@@H]1CCCN1. The summed E-state index contributed by atoms with van der Waals surface area (Å²) >= 11 is 0. The lowest BCUT2D eigenvalue weighted by Gasteiger charge is -2.28. The molecule has 0 aromatic heterocycles. The van der Waals surface area contributed by atoms with Crippen molar-refractivity contribution in [1.82, 2.24) is 20.9 Å². The molecule has 214 valence electrons. The van der Waals surface area contributed by atoms with Gasteiger partial charge in [0.05, 0.1) is 12.1 Å². The predicted octanol–water partition coefficient (Wildman–Crippen LogP) is 2.93. The minimum absolute atomic E-state index is 0.0337. The maximum atomic E-state index is 13.7. The van der Waals surface area contributed by atoms with Crippen LogP contribution >= 0.6 is 0 Å². The highest BCUT2D eigenvalue weighted by atomic mass is 16.2. The summed E-state index contributed by atoms with van der Waals surface area (Å²) in [5, 5.41) is 11.4. The van der Waals surface area contributed by atoms with E-state index in [1.807, 2.05) is 72.8 Å². The molecule has 5 rings (SSSR count). The highest BCUT2D eigenvalue weighted by Gasteiger charge is 2.34. The number of amides is 3. The van der Waals surface area contributed by atoms with E-state index in [9.17, 15) is 19.2 Å². The number of rotatable bonds is 11. The minimum atomic E-state index is -0.825. The van der Waals surface area contributed by atoms with Gasteiger partial charge in [-0.25, -0.2) is 0 Å². The van der Waals surface area contributed by atoms with Crippen molar-refractivity contribution in [3.63, 3.8) is 0 Å². The summed E-state index contributed by atoms with van der Waals surface area (Å²) in [4.78, 5) is 53.4. The second-order valence-corrected chi connectivity index (χ2v) is 11.1. The lowest BCUT2D eigenvalue weighted by atomic mass is 9.99. The van der Waals surface area contributed by atoms with Crippen LogP contribution in [0.5, 0.6) is 0 Å². The Bertz CT molecular complexity index is 1370. The molecule has 8 heteroatoms. The van der Waals surface area contributed by atoms with Crippen LogP contribution in [-0.4, -0.2) is 66.2 Å². The number of fused-ring (bicyclic) bond motifs is 1. The number of hydrogen-bond acceptors (Lipinski definition) is 5. The van der Waals surface area contributed by atoms with Crippen molar-refractivity contribution in [1.29, 1.82) is 0 Å². The molecule has 2 heterocycles. The van der Waals surface area contributed by atoms with Crippen LogP contribution in [0.25, 0.3) is 10.8 Å². The van der Waals surface area contributed by atoms with E-state index in [0.29, 0.717) is 25.8 Å². The molecule has 0 radical (unpaired) electrons. The zero-order chi connectivity index (χ0) is 28.6. The first-order valence-electron chi connectivity index (χ1n) is 14.6. The Morgan fingerprint density at radius 3 is 2.41 bits per heavy atom. The first kappa shape index (κ1) is 28.5. The molecule has 0 bridgehead atoms. The summed E-state index contributed by atoms with van der Waals surface area (Å²) in [5.74, 6) is -0.669. The summed E-state index contributed by atoms with van der Waals surface area (Å²) in [6.45, 7) is 1.30. The third-order valence-electron chi connectivity index (χ3n) is 8.11. The Morgan fingerprint density at radius 1 is 0.878 bits per heavy atom. The van der Waals surface area contributed by atoms with E-state index >= 15 is 0 Å². The molecule has 2 aliphatic rings. The minimum Gasteiger partial charge on any atom is -0.351 e. The average Bonchev–Trinajstić information content (AvgIpc) is 3.70. The van der Waals surface area contributed by atoms with Crippen LogP contribution < -0.4 is 16.0 Å². The largest absolute Gasteiger partial charge is 0.351 e. The summed E-state index contributed by atoms with van der Waals surface area (Å²) in [6.07, 6.45) is 4.76. The highest BCUT2D eigenvalue weighted by molar-refractivity contribution is 5.91. The number of hydrogen-bond donors (Lipinski definition) is 3. The van der Waals surface area contributed by atoms with Crippen LogP contribution in [-0.2, 0) is 32.0 Å². The summed E-state index contributed by atoms with van der Waals surface area (Å²) in [6, 6.07) is 21.8. The molecule has 3 aromatic rings. The first-order valence-corrected chi connectivity index (χ1v) is 14.6. The monoisotopic (exact) mass is 554 g/mol. The Balaban J connectivity index is 1.33. The van der Waals surface area contributed by atoms with E-state index in [4.69, 9.17) is 0 Å². The average molecular weight is 555 g/mol. The van der Waals surface area contributed by atoms with Crippen LogP contribution in [0.1, 0.15) is 43.2 Å². The molecule has 2 fully saturated rings. The van der Waals surface area contributed by atoms with E-state index in [2.05, 4.69) is 16.0 Å².